The molecule has 1 aromatic heterocycles. The number of anilines is 1. The topological polar surface area (TPSA) is 115 Å². The highest BCUT2D eigenvalue weighted by molar-refractivity contribution is 6.04. The Kier molecular flexibility index (Phi) is 6.67. The first-order valence-corrected chi connectivity index (χ1v) is 10.1. The highest BCUT2D eigenvalue weighted by Crippen LogP contribution is 2.34. The average molecular weight is 442 g/mol. The molecule has 0 aliphatic carbocycles. The molecule has 170 valence electrons. The van der Waals surface area contributed by atoms with Gasteiger partial charge in [-0.3, -0.25) is 19.2 Å². The van der Waals surface area contributed by atoms with Crippen molar-refractivity contribution in [2.24, 2.45) is 5.92 Å². The third-order valence-corrected chi connectivity index (χ3v) is 5.55. The SMILES string of the molecule is COc1ccc(N2C[C@@H](C(=O)OCC(=O)c3[nH]c(C)c(C(C)=O)c3C)CC2=O)cc1OC. The van der Waals surface area contributed by atoms with Crippen molar-refractivity contribution in [1.29, 1.82) is 0 Å². The Bertz CT molecular complexity index is 1090. The van der Waals surface area contributed by atoms with Crippen LogP contribution in [0.5, 0.6) is 11.5 Å². The van der Waals surface area contributed by atoms with Gasteiger partial charge in [-0.1, -0.05) is 0 Å². The van der Waals surface area contributed by atoms with Crippen molar-refractivity contribution in [1.82, 2.24) is 4.98 Å². The number of rotatable bonds is 8. The van der Waals surface area contributed by atoms with E-state index in [0.717, 1.165) is 0 Å². The summed E-state index contributed by atoms with van der Waals surface area (Å²) < 4.78 is 15.7. The van der Waals surface area contributed by atoms with Crippen molar-refractivity contribution in [3.8, 4) is 11.5 Å². The fourth-order valence-corrected chi connectivity index (χ4v) is 3.99. The van der Waals surface area contributed by atoms with Gasteiger partial charge in [0.1, 0.15) is 0 Å². The number of H-pyrrole nitrogens is 1. The zero-order valence-corrected chi connectivity index (χ0v) is 18.7. The summed E-state index contributed by atoms with van der Waals surface area (Å²) in [5.41, 5.74) is 2.42. The monoisotopic (exact) mass is 442 g/mol. The number of aromatic nitrogens is 1. The number of ether oxygens (including phenoxy) is 3. The molecule has 1 aliphatic heterocycles. The number of amides is 1. The first-order chi connectivity index (χ1) is 15.2. The maximum atomic E-state index is 12.5. The molecular formula is C23H26N2O7. The van der Waals surface area contributed by atoms with Gasteiger partial charge in [-0.2, -0.15) is 0 Å². The summed E-state index contributed by atoms with van der Waals surface area (Å²) in [5.74, 6) is -1.13. The Hall–Kier alpha value is -3.62. The van der Waals surface area contributed by atoms with Gasteiger partial charge in [0.05, 0.1) is 25.8 Å². The van der Waals surface area contributed by atoms with Crippen LogP contribution in [0.4, 0.5) is 5.69 Å². The summed E-state index contributed by atoms with van der Waals surface area (Å²) in [6.07, 6.45) is -0.0174. The molecule has 1 aromatic carbocycles. The third kappa shape index (κ3) is 4.37. The molecule has 1 fully saturated rings. The Balaban J connectivity index is 1.65. The normalized spacial score (nSPS) is 15.6. The molecule has 2 aromatic rings. The van der Waals surface area contributed by atoms with Gasteiger partial charge in [0.25, 0.3) is 0 Å². The molecule has 0 radical (unpaired) electrons. The van der Waals surface area contributed by atoms with E-state index in [1.54, 1.807) is 32.0 Å². The molecule has 1 aliphatic rings. The van der Waals surface area contributed by atoms with Gasteiger partial charge in [-0.25, -0.2) is 0 Å². The van der Waals surface area contributed by atoms with Crippen LogP contribution in [0.2, 0.25) is 0 Å². The molecule has 0 spiro atoms. The second-order valence-electron chi connectivity index (χ2n) is 7.66. The van der Waals surface area contributed by atoms with E-state index in [1.165, 1.54) is 26.0 Å². The van der Waals surface area contributed by atoms with Crippen molar-refractivity contribution in [3.63, 3.8) is 0 Å². The molecule has 1 amide bonds. The van der Waals surface area contributed by atoms with E-state index in [9.17, 15) is 19.2 Å². The van der Waals surface area contributed by atoms with E-state index in [0.29, 0.717) is 34.0 Å². The molecule has 3 rings (SSSR count). The van der Waals surface area contributed by atoms with Gasteiger partial charge < -0.3 is 24.1 Å². The molecule has 1 atom stereocenters. The molecule has 32 heavy (non-hydrogen) atoms. The number of hydrogen-bond donors (Lipinski definition) is 1. The van der Waals surface area contributed by atoms with Crippen molar-refractivity contribution >= 4 is 29.1 Å². The molecule has 0 bridgehead atoms. The van der Waals surface area contributed by atoms with Crippen LogP contribution < -0.4 is 14.4 Å². The average Bonchev–Trinajstić information content (AvgIpc) is 3.30. The van der Waals surface area contributed by atoms with Crippen LogP contribution in [0.3, 0.4) is 0 Å². The van der Waals surface area contributed by atoms with Crippen molar-refractivity contribution < 1.29 is 33.4 Å². The lowest BCUT2D eigenvalue weighted by molar-refractivity contribution is -0.147. The van der Waals surface area contributed by atoms with Gasteiger partial charge in [0, 0.05) is 36.0 Å². The molecule has 1 N–H and O–H groups in total. The molecule has 2 heterocycles. The number of ketones is 2. The number of carbonyl (C=O) groups excluding carboxylic acids is 4. The zero-order valence-electron chi connectivity index (χ0n) is 18.7. The minimum atomic E-state index is -0.692. The number of nitrogens with zero attached hydrogens (tertiary/aromatic N) is 1. The summed E-state index contributed by atoms with van der Waals surface area (Å²) >= 11 is 0. The number of hydrogen-bond acceptors (Lipinski definition) is 7. The van der Waals surface area contributed by atoms with Crippen LogP contribution in [0.15, 0.2) is 18.2 Å². The first kappa shape index (κ1) is 23.1. The van der Waals surface area contributed by atoms with Gasteiger partial charge in [0.15, 0.2) is 23.9 Å². The summed E-state index contributed by atoms with van der Waals surface area (Å²) in [7, 11) is 3.01. The van der Waals surface area contributed by atoms with Gasteiger partial charge in [-0.15, -0.1) is 0 Å². The first-order valence-electron chi connectivity index (χ1n) is 10.1. The third-order valence-electron chi connectivity index (χ3n) is 5.55. The predicted octanol–water partition coefficient (Wildman–Crippen LogP) is 2.63. The van der Waals surface area contributed by atoms with E-state index < -0.39 is 24.3 Å². The van der Waals surface area contributed by atoms with E-state index in [2.05, 4.69) is 4.98 Å². The number of esters is 1. The largest absolute Gasteiger partial charge is 0.493 e. The van der Waals surface area contributed by atoms with Crippen LogP contribution >= 0.6 is 0 Å². The Labute approximate surface area is 185 Å². The second kappa shape index (κ2) is 9.25. The number of nitrogens with one attached hydrogen (secondary N) is 1. The fraction of sp³-hybridized carbons (Fsp3) is 0.391. The number of benzene rings is 1. The lowest BCUT2D eigenvalue weighted by atomic mass is 10.1. The van der Waals surface area contributed by atoms with E-state index in [-0.39, 0.29) is 30.3 Å². The molecule has 1 saturated heterocycles. The molecule has 0 saturated carbocycles. The van der Waals surface area contributed by atoms with Crippen LogP contribution in [0.25, 0.3) is 0 Å². The van der Waals surface area contributed by atoms with E-state index in [4.69, 9.17) is 14.2 Å². The zero-order chi connectivity index (χ0) is 23.6. The van der Waals surface area contributed by atoms with E-state index >= 15 is 0 Å². The van der Waals surface area contributed by atoms with Crippen molar-refractivity contribution in [2.45, 2.75) is 27.2 Å². The number of aromatic amines is 1. The highest BCUT2D eigenvalue weighted by atomic mass is 16.5. The number of methoxy groups -OCH3 is 2. The predicted molar refractivity (Wildman–Crippen MR) is 116 cm³/mol. The van der Waals surface area contributed by atoms with Crippen molar-refractivity contribution in [3.05, 3.63) is 40.7 Å². The lowest BCUT2D eigenvalue weighted by Gasteiger charge is -2.18. The van der Waals surface area contributed by atoms with Crippen molar-refractivity contribution in [2.75, 3.05) is 32.3 Å². The highest BCUT2D eigenvalue weighted by Gasteiger charge is 2.37. The summed E-state index contributed by atoms with van der Waals surface area (Å²) in [5, 5.41) is 0. The number of Topliss-reactive ketones (excluding diaryl/α,β-unsaturated/α-hetero) is 2. The quantitative estimate of drug-likeness (QED) is 0.494. The van der Waals surface area contributed by atoms with Gasteiger partial charge in [-0.05, 0) is 38.5 Å². The molecule has 9 heteroatoms. The maximum absolute atomic E-state index is 12.5. The molecular weight excluding hydrogens is 416 g/mol. The molecule has 9 nitrogen and oxygen atoms in total. The second-order valence-corrected chi connectivity index (χ2v) is 7.66. The Morgan fingerprint density at radius 3 is 2.41 bits per heavy atom. The Morgan fingerprint density at radius 2 is 1.81 bits per heavy atom. The van der Waals surface area contributed by atoms with E-state index in [1.807, 2.05) is 0 Å². The summed E-state index contributed by atoms with van der Waals surface area (Å²) in [6.45, 7) is 4.47. The van der Waals surface area contributed by atoms with Crippen LogP contribution in [-0.4, -0.2) is 55.8 Å². The van der Waals surface area contributed by atoms with Crippen LogP contribution in [-0.2, 0) is 14.3 Å². The smallest absolute Gasteiger partial charge is 0.311 e. The minimum absolute atomic E-state index is 0.0174. The lowest BCUT2D eigenvalue weighted by Crippen LogP contribution is -2.27. The number of carbonyl (C=O) groups is 4. The van der Waals surface area contributed by atoms with Gasteiger partial charge >= 0.3 is 5.97 Å². The Morgan fingerprint density at radius 1 is 1.12 bits per heavy atom. The summed E-state index contributed by atoms with van der Waals surface area (Å²) in [6, 6.07) is 5.05. The molecule has 0 unspecified atom stereocenters. The number of aryl methyl sites for hydroxylation is 1. The standard InChI is InChI=1S/C23H26N2O7/c1-12-21(14(3)26)13(2)24-22(12)17(27)11-32-23(29)15-8-20(28)25(10-15)16-6-7-18(30-4)19(9-16)31-5/h6-7,9,15,24H,8,10-11H2,1-5H3/t15-/m0/s1. The fourth-order valence-electron chi connectivity index (χ4n) is 3.99. The van der Waals surface area contributed by atoms with Gasteiger partial charge in [0.2, 0.25) is 11.7 Å². The van der Waals surface area contributed by atoms with Crippen LogP contribution in [0.1, 0.15) is 45.4 Å². The minimum Gasteiger partial charge on any atom is -0.493 e. The van der Waals surface area contributed by atoms with Crippen LogP contribution in [0, 0.1) is 19.8 Å². The summed E-state index contributed by atoms with van der Waals surface area (Å²) in [4.78, 5) is 53.7. The maximum Gasteiger partial charge on any atom is 0.311 e.